The fraction of sp³-hybridized carbons (Fsp3) is 0.208. The van der Waals surface area contributed by atoms with Crippen molar-refractivity contribution in [3.05, 3.63) is 94.8 Å². The number of benzene rings is 3. The van der Waals surface area contributed by atoms with Crippen LogP contribution in [0.5, 0.6) is 0 Å². The molecule has 31 heavy (non-hydrogen) atoms. The Morgan fingerprint density at radius 1 is 0.968 bits per heavy atom. The molecule has 0 fully saturated rings. The zero-order chi connectivity index (χ0) is 22.6. The smallest absolute Gasteiger partial charge is 0.255 e. The highest BCUT2D eigenvalue weighted by atomic mass is 32.2. The van der Waals surface area contributed by atoms with Crippen LogP contribution in [-0.4, -0.2) is 20.1 Å². The number of anilines is 2. The Morgan fingerprint density at radius 2 is 1.68 bits per heavy atom. The molecular weight excluding hydrogens is 415 g/mol. The fourth-order valence-corrected chi connectivity index (χ4v) is 4.17. The molecule has 1 N–H and O–H groups in total. The van der Waals surface area contributed by atoms with E-state index in [1.54, 1.807) is 31.2 Å². The van der Waals surface area contributed by atoms with Crippen LogP contribution >= 0.6 is 0 Å². The van der Waals surface area contributed by atoms with Gasteiger partial charge in [0, 0.05) is 11.3 Å². The van der Waals surface area contributed by atoms with Crippen LogP contribution in [0.25, 0.3) is 0 Å². The Morgan fingerprint density at radius 3 is 2.29 bits per heavy atom. The van der Waals surface area contributed by atoms with Gasteiger partial charge in [-0.05, 0) is 79.9 Å². The van der Waals surface area contributed by atoms with Gasteiger partial charge in [-0.25, -0.2) is 12.8 Å². The Bertz CT molecular complexity index is 1190. The van der Waals surface area contributed by atoms with Crippen molar-refractivity contribution in [2.45, 2.75) is 27.3 Å². The van der Waals surface area contributed by atoms with Crippen LogP contribution in [0.2, 0.25) is 0 Å². The maximum absolute atomic E-state index is 13.3. The minimum atomic E-state index is -3.48. The van der Waals surface area contributed by atoms with Crippen molar-refractivity contribution in [2.75, 3.05) is 15.4 Å². The first kappa shape index (κ1) is 22.5. The molecular formula is C24H25FN2O3S. The lowest BCUT2D eigenvalue weighted by Gasteiger charge is -2.25. The molecule has 0 spiro atoms. The van der Waals surface area contributed by atoms with E-state index in [-0.39, 0.29) is 17.9 Å². The minimum Gasteiger partial charge on any atom is -0.322 e. The number of amides is 1. The summed E-state index contributed by atoms with van der Waals surface area (Å²) in [5, 5.41) is 2.72. The van der Waals surface area contributed by atoms with Crippen molar-refractivity contribution in [3.63, 3.8) is 0 Å². The topological polar surface area (TPSA) is 66.5 Å². The summed E-state index contributed by atoms with van der Waals surface area (Å²) in [5.41, 5.74) is 4.26. The van der Waals surface area contributed by atoms with Crippen molar-refractivity contribution in [3.8, 4) is 0 Å². The van der Waals surface area contributed by atoms with Crippen LogP contribution in [0, 0.1) is 19.7 Å². The molecule has 0 radical (unpaired) electrons. The molecule has 0 aliphatic rings. The van der Waals surface area contributed by atoms with Gasteiger partial charge in [0.25, 0.3) is 5.91 Å². The van der Waals surface area contributed by atoms with Gasteiger partial charge in [0.2, 0.25) is 10.0 Å². The van der Waals surface area contributed by atoms with Crippen LogP contribution in [-0.2, 0) is 16.6 Å². The third-order valence-electron chi connectivity index (χ3n) is 5.10. The average molecular weight is 441 g/mol. The summed E-state index contributed by atoms with van der Waals surface area (Å²) in [6.07, 6.45) is 0. The van der Waals surface area contributed by atoms with Crippen molar-refractivity contribution >= 4 is 27.3 Å². The van der Waals surface area contributed by atoms with Crippen molar-refractivity contribution in [1.82, 2.24) is 0 Å². The van der Waals surface area contributed by atoms with Gasteiger partial charge >= 0.3 is 0 Å². The lowest BCUT2D eigenvalue weighted by molar-refractivity contribution is 0.102. The summed E-state index contributed by atoms with van der Waals surface area (Å²) in [5.74, 6) is -0.911. The molecule has 162 valence electrons. The molecule has 0 aliphatic carbocycles. The number of rotatable bonds is 7. The maximum atomic E-state index is 13.3. The van der Waals surface area contributed by atoms with E-state index in [0.29, 0.717) is 11.4 Å². The van der Waals surface area contributed by atoms with E-state index >= 15 is 0 Å². The zero-order valence-corrected chi connectivity index (χ0v) is 18.5. The molecule has 0 bridgehead atoms. The monoisotopic (exact) mass is 440 g/mol. The van der Waals surface area contributed by atoms with Gasteiger partial charge in [-0.15, -0.1) is 0 Å². The lowest BCUT2D eigenvalue weighted by atomic mass is 10.1. The summed E-state index contributed by atoms with van der Waals surface area (Å²) >= 11 is 0. The van der Waals surface area contributed by atoms with E-state index in [1.807, 2.05) is 32.0 Å². The summed E-state index contributed by atoms with van der Waals surface area (Å²) < 4.78 is 40.2. The number of sulfonamides is 1. The summed E-state index contributed by atoms with van der Waals surface area (Å²) in [7, 11) is -3.48. The molecule has 0 aliphatic heterocycles. The molecule has 3 aromatic rings. The standard InChI is InChI=1S/C24H25FN2O3S/c1-4-31(29,30)27(23-13-8-17(2)18(3)14-23)16-19-9-11-22(12-10-19)26-24(28)20-6-5-7-21(25)15-20/h5-15H,4,16H2,1-3H3,(H,26,28). The highest BCUT2D eigenvalue weighted by Gasteiger charge is 2.21. The fourth-order valence-electron chi connectivity index (χ4n) is 3.08. The number of nitrogens with zero attached hydrogens (tertiary/aromatic N) is 1. The molecule has 0 aromatic heterocycles. The maximum Gasteiger partial charge on any atom is 0.255 e. The Balaban J connectivity index is 1.79. The molecule has 0 saturated carbocycles. The second-order valence-corrected chi connectivity index (χ2v) is 9.52. The van der Waals surface area contributed by atoms with Gasteiger partial charge in [-0.2, -0.15) is 0 Å². The van der Waals surface area contributed by atoms with Crippen molar-refractivity contribution < 1.29 is 17.6 Å². The zero-order valence-electron chi connectivity index (χ0n) is 17.7. The molecule has 0 heterocycles. The SMILES string of the molecule is CCS(=O)(=O)N(Cc1ccc(NC(=O)c2cccc(F)c2)cc1)c1ccc(C)c(C)c1. The van der Waals surface area contributed by atoms with Crippen LogP contribution in [0.4, 0.5) is 15.8 Å². The quantitative estimate of drug-likeness (QED) is 0.559. The van der Waals surface area contributed by atoms with Gasteiger partial charge in [0.15, 0.2) is 0 Å². The van der Waals surface area contributed by atoms with Gasteiger partial charge < -0.3 is 5.32 Å². The number of aryl methyl sites for hydroxylation is 2. The third kappa shape index (κ3) is 5.49. The number of nitrogens with one attached hydrogen (secondary N) is 1. The minimum absolute atomic E-state index is 0.0122. The third-order valence-corrected chi connectivity index (χ3v) is 6.84. The van der Waals surface area contributed by atoms with Gasteiger partial charge in [0.1, 0.15) is 5.82 Å². The second-order valence-electron chi connectivity index (χ2n) is 7.34. The number of halogens is 1. The van der Waals surface area contributed by atoms with Crippen LogP contribution in [0.3, 0.4) is 0 Å². The molecule has 3 rings (SSSR count). The largest absolute Gasteiger partial charge is 0.322 e. The number of carbonyl (C=O) groups is 1. The van der Waals surface area contributed by atoms with Crippen molar-refractivity contribution in [1.29, 1.82) is 0 Å². The molecule has 0 saturated heterocycles. The van der Waals surface area contributed by atoms with E-state index in [9.17, 15) is 17.6 Å². The molecule has 7 heteroatoms. The first-order valence-corrected chi connectivity index (χ1v) is 11.5. The summed E-state index contributed by atoms with van der Waals surface area (Å²) in [6.45, 7) is 5.73. The van der Waals surface area contributed by atoms with Crippen molar-refractivity contribution in [2.24, 2.45) is 0 Å². The van der Waals surface area contributed by atoms with E-state index in [0.717, 1.165) is 16.7 Å². The molecule has 1 amide bonds. The predicted octanol–water partition coefficient (Wildman–Crippen LogP) is 5.05. The second kappa shape index (κ2) is 9.31. The van der Waals surface area contributed by atoms with Gasteiger partial charge in [0.05, 0.1) is 18.0 Å². The van der Waals surface area contributed by atoms with E-state index in [2.05, 4.69) is 5.32 Å². The van der Waals surface area contributed by atoms with Gasteiger partial charge in [-0.3, -0.25) is 9.10 Å². The lowest BCUT2D eigenvalue weighted by Crippen LogP contribution is -2.32. The normalized spacial score (nSPS) is 11.2. The molecule has 3 aromatic carbocycles. The van der Waals surface area contributed by atoms with Gasteiger partial charge in [-0.1, -0.05) is 24.3 Å². The first-order valence-electron chi connectivity index (χ1n) is 9.93. The van der Waals surface area contributed by atoms with E-state index in [4.69, 9.17) is 0 Å². The predicted molar refractivity (Wildman–Crippen MR) is 122 cm³/mol. The van der Waals surface area contributed by atoms with E-state index in [1.165, 1.54) is 28.6 Å². The Hall–Kier alpha value is -3.19. The first-order chi connectivity index (χ1) is 14.7. The van der Waals surface area contributed by atoms with Crippen LogP contribution in [0.15, 0.2) is 66.7 Å². The summed E-state index contributed by atoms with van der Waals surface area (Å²) in [4.78, 5) is 12.3. The molecule has 5 nitrogen and oxygen atoms in total. The molecule has 0 atom stereocenters. The number of carbonyl (C=O) groups excluding carboxylic acids is 1. The molecule has 0 unspecified atom stereocenters. The number of hydrogen-bond donors (Lipinski definition) is 1. The highest BCUT2D eigenvalue weighted by molar-refractivity contribution is 7.92. The number of hydrogen-bond acceptors (Lipinski definition) is 3. The highest BCUT2D eigenvalue weighted by Crippen LogP contribution is 2.25. The summed E-state index contributed by atoms with van der Waals surface area (Å²) in [6, 6.07) is 18.0. The average Bonchev–Trinajstić information content (AvgIpc) is 2.75. The Labute approximate surface area is 182 Å². The van der Waals surface area contributed by atoms with E-state index < -0.39 is 21.7 Å². The Kier molecular flexibility index (Phi) is 6.75. The van der Waals surface area contributed by atoms with Crippen LogP contribution in [0.1, 0.15) is 34.0 Å². The van der Waals surface area contributed by atoms with Crippen LogP contribution < -0.4 is 9.62 Å².